The smallest absolute Gasteiger partial charge is 0.240 e. The Kier molecular flexibility index (Phi) is 6.49. The molecule has 0 radical (unpaired) electrons. The molecule has 1 fully saturated rings. The molecule has 0 aromatic heterocycles. The highest BCUT2D eigenvalue weighted by molar-refractivity contribution is 8.15. The lowest BCUT2D eigenvalue weighted by molar-refractivity contribution is -0.122. The monoisotopic (exact) mass is 414 g/mol. The molecule has 0 bridgehead atoms. The van der Waals surface area contributed by atoms with Gasteiger partial charge in [-0.3, -0.25) is 9.59 Å². The lowest BCUT2D eigenvalue weighted by atomic mass is 10.1. The van der Waals surface area contributed by atoms with Gasteiger partial charge >= 0.3 is 0 Å². The second kappa shape index (κ2) is 9.03. The summed E-state index contributed by atoms with van der Waals surface area (Å²) in [5, 5.41) is 14.0. The average molecular weight is 415 g/mol. The fourth-order valence-corrected chi connectivity index (χ4v) is 3.57. The minimum atomic E-state index is -0.533. The first-order valence-corrected chi connectivity index (χ1v) is 9.88. The van der Waals surface area contributed by atoms with Crippen molar-refractivity contribution in [2.75, 3.05) is 5.32 Å². The van der Waals surface area contributed by atoms with Gasteiger partial charge in [-0.15, -0.1) is 5.10 Å². The maximum atomic E-state index is 12.3. The Hall–Kier alpha value is -2.64. The number of nitrogens with one attached hydrogen (secondary N) is 2. The van der Waals surface area contributed by atoms with Crippen molar-refractivity contribution in [2.45, 2.75) is 25.5 Å². The van der Waals surface area contributed by atoms with Crippen LogP contribution in [0.4, 0.5) is 5.69 Å². The molecular weight excluding hydrogens is 396 g/mol. The largest absolute Gasteiger partial charge is 0.326 e. The van der Waals surface area contributed by atoms with Crippen LogP contribution in [0.3, 0.4) is 0 Å². The van der Waals surface area contributed by atoms with Crippen molar-refractivity contribution in [2.24, 2.45) is 10.2 Å². The summed E-state index contributed by atoms with van der Waals surface area (Å²) >= 11 is 7.03. The molecule has 2 aromatic rings. The normalized spacial score (nSPS) is 17.9. The van der Waals surface area contributed by atoms with Gasteiger partial charge in [-0.05, 0) is 48.7 Å². The molecule has 1 atom stereocenters. The number of carbonyl (C=O) groups excluding carboxylic acids is 2. The van der Waals surface area contributed by atoms with E-state index in [2.05, 4.69) is 20.8 Å². The average Bonchev–Trinajstić information content (AvgIpc) is 2.99. The number of hydrogen-bond acceptors (Lipinski definition) is 5. The summed E-state index contributed by atoms with van der Waals surface area (Å²) in [5.41, 5.74) is 3.63. The van der Waals surface area contributed by atoms with E-state index in [1.807, 2.05) is 44.2 Å². The molecule has 8 heteroatoms. The Morgan fingerprint density at radius 3 is 2.75 bits per heavy atom. The van der Waals surface area contributed by atoms with E-state index in [0.29, 0.717) is 10.2 Å². The van der Waals surface area contributed by atoms with Crippen molar-refractivity contribution >= 4 is 52.2 Å². The quantitative estimate of drug-likeness (QED) is 0.574. The zero-order valence-electron chi connectivity index (χ0n) is 15.4. The van der Waals surface area contributed by atoms with Crippen molar-refractivity contribution in [3.8, 4) is 0 Å². The number of halogens is 1. The summed E-state index contributed by atoms with van der Waals surface area (Å²) in [6, 6.07) is 13.0. The van der Waals surface area contributed by atoms with Gasteiger partial charge in [-0.2, -0.15) is 5.10 Å². The molecule has 0 aliphatic carbocycles. The molecule has 2 amide bonds. The first kappa shape index (κ1) is 20.1. The Balaban J connectivity index is 1.57. The summed E-state index contributed by atoms with van der Waals surface area (Å²) in [7, 11) is 0. The van der Waals surface area contributed by atoms with Gasteiger partial charge < -0.3 is 10.6 Å². The number of thioether (sulfide) groups is 1. The SMILES string of the molecule is Cc1ccc(C)c(NC(=O)CC2S/C(=N/N=C/c3ccc(Cl)cc3)NC2=O)c1. The summed E-state index contributed by atoms with van der Waals surface area (Å²) in [4.78, 5) is 24.4. The van der Waals surface area contributed by atoms with Crippen LogP contribution in [-0.2, 0) is 9.59 Å². The van der Waals surface area contributed by atoms with Crippen LogP contribution >= 0.6 is 23.4 Å². The molecule has 144 valence electrons. The zero-order chi connectivity index (χ0) is 20.1. The number of nitrogens with zero attached hydrogens (tertiary/aromatic N) is 2. The van der Waals surface area contributed by atoms with Crippen LogP contribution in [0.15, 0.2) is 52.7 Å². The fraction of sp³-hybridized carbons (Fsp3) is 0.200. The van der Waals surface area contributed by atoms with Gasteiger partial charge in [0, 0.05) is 17.1 Å². The van der Waals surface area contributed by atoms with Crippen LogP contribution < -0.4 is 10.6 Å². The van der Waals surface area contributed by atoms with Crippen molar-refractivity contribution in [3.63, 3.8) is 0 Å². The highest BCUT2D eigenvalue weighted by atomic mass is 35.5. The van der Waals surface area contributed by atoms with Crippen molar-refractivity contribution < 1.29 is 9.59 Å². The topological polar surface area (TPSA) is 82.9 Å². The van der Waals surface area contributed by atoms with Crippen LogP contribution in [-0.4, -0.2) is 28.4 Å². The maximum Gasteiger partial charge on any atom is 0.240 e. The first-order valence-electron chi connectivity index (χ1n) is 8.62. The van der Waals surface area contributed by atoms with Crippen LogP contribution in [0.2, 0.25) is 5.02 Å². The minimum absolute atomic E-state index is 0.0593. The van der Waals surface area contributed by atoms with E-state index in [1.165, 1.54) is 11.8 Å². The predicted molar refractivity (Wildman–Crippen MR) is 115 cm³/mol. The van der Waals surface area contributed by atoms with Gasteiger partial charge in [0.1, 0.15) is 5.25 Å². The van der Waals surface area contributed by atoms with Gasteiger partial charge in [0.05, 0.1) is 6.21 Å². The van der Waals surface area contributed by atoms with Gasteiger partial charge in [-0.1, -0.05) is 47.6 Å². The van der Waals surface area contributed by atoms with Crippen molar-refractivity contribution in [3.05, 3.63) is 64.2 Å². The molecule has 0 saturated carbocycles. The number of hydrogen-bond donors (Lipinski definition) is 2. The van der Waals surface area contributed by atoms with E-state index < -0.39 is 5.25 Å². The molecule has 2 N–H and O–H groups in total. The van der Waals surface area contributed by atoms with Gasteiger partial charge in [0.2, 0.25) is 11.8 Å². The molecule has 2 aromatic carbocycles. The fourth-order valence-electron chi connectivity index (χ4n) is 2.52. The Morgan fingerprint density at radius 1 is 1.25 bits per heavy atom. The lowest BCUT2D eigenvalue weighted by Crippen LogP contribution is -2.28. The molecule has 1 heterocycles. The number of rotatable bonds is 5. The maximum absolute atomic E-state index is 12.3. The molecular formula is C20H19ClN4O2S. The highest BCUT2D eigenvalue weighted by Crippen LogP contribution is 2.24. The van der Waals surface area contributed by atoms with Crippen LogP contribution in [0, 0.1) is 13.8 Å². The van der Waals surface area contributed by atoms with E-state index >= 15 is 0 Å². The molecule has 1 aliphatic rings. The first-order chi connectivity index (χ1) is 13.4. The number of amides is 2. The van der Waals surface area contributed by atoms with Gasteiger partial charge in [0.25, 0.3) is 0 Å². The standard InChI is InChI=1S/C20H19ClN4O2S/c1-12-3-4-13(2)16(9-12)23-18(26)10-17-19(27)24-20(28-17)25-22-11-14-5-7-15(21)8-6-14/h3-9,11,17H,10H2,1-2H3,(H,23,26)(H,24,25,27)/b22-11+. The summed E-state index contributed by atoms with van der Waals surface area (Å²) in [6.45, 7) is 3.89. The number of carbonyl (C=O) groups is 2. The van der Waals surface area contributed by atoms with Crippen LogP contribution in [0.25, 0.3) is 0 Å². The lowest BCUT2D eigenvalue weighted by Gasteiger charge is -2.10. The second-order valence-corrected chi connectivity index (χ2v) is 8.00. The molecule has 1 saturated heterocycles. The molecule has 28 heavy (non-hydrogen) atoms. The predicted octanol–water partition coefficient (Wildman–Crippen LogP) is 3.91. The third-order valence-electron chi connectivity index (χ3n) is 4.04. The Morgan fingerprint density at radius 2 is 2.00 bits per heavy atom. The number of amidine groups is 1. The summed E-state index contributed by atoms with van der Waals surface area (Å²) in [5.74, 6) is -0.464. The summed E-state index contributed by atoms with van der Waals surface area (Å²) in [6.07, 6.45) is 1.63. The van der Waals surface area contributed by atoms with E-state index in [4.69, 9.17) is 11.6 Å². The number of aryl methyl sites for hydroxylation is 2. The van der Waals surface area contributed by atoms with E-state index in [1.54, 1.807) is 18.3 Å². The number of anilines is 1. The molecule has 0 spiro atoms. The third kappa shape index (κ3) is 5.43. The molecule has 3 rings (SSSR count). The number of benzene rings is 2. The Labute approximate surface area is 172 Å². The van der Waals surface area contributed by atoms with E-state index in [0.717, 1.165) is 22.4 Å². The molecule has 6 nitrogen and oxygen atoms in total. The van der Waals surface area contributed by atoms with Crippen LogP contribution in [0.1, 0.15) is 23.1 Å². The minimum Gasteiger partial charge on any atom is -0.326 e. The second-order valence-electron chi connectivity index (χ2n) is 6.37. The van der Waals surface area contributed by atoms with Crippen LogP contribution in [0.5, 0.6) is 0 Å². The van der Waals surface area contributed by atoms with Crippen molar-refractivity contribution in [1.82, 2.24) is 5.32 Å². The van der Waals surface area contributed by atoms with Gasteiger partial charge in [0.15, 0.2) is 5.17 Å². The highest BCUT2D eigenvalue weighted by Gasteiger charge is 2.32. The zero-order valence-corrected chi connectivity index (χ0v) is 17.0. The Bertz CT molecular complexity index is 957. The van der Waals surface area contributed by atoms with Gasteiger partial charge in [-0.25, -0.2) is 0 Å². The van der Waals surface area contributed by atoms with E-state index in [-0.39, 0.29) is 18.2 Å². The van der Waals surface area contributed by atoms with Crippen molar-refractivity contribution in [1.29, 1.82) is 0 Å². The molecule has 1 unspecified atom stereocenters. The third-order valence-corrected chi connectivity index (χ3v) is 5.36. The summed E-state index contributed by atoms with van der Waals surface area (Å²) < 4.78 is 0. The van der Waals surface area contributed by atoms with E-state index in [9.17, 15) is 9.59 Å². The molecule has 1 aliphatic heterocycles.